The Labute approximate surface area is 143 Å². The topological polar surface area (TPSA) is 118 Å². The van der Waals surface area contributed by atoms with E-state index in [2.05, 4.69) is 7.47 Å². The molecular formula is C12H10Cl2O7S2. The zero-order chi connectivity index (χ0) is 16.4. The molecule has 0 spiro atoms. The Bertz CT molecular complexity index is 785. The minimum absolute atomic E-state index is 0. The minimum atomic E-state index is -3.97. The average Bonchev–Trinajstić information content (AvgIpc) is 2.55. The van der Waals surface area contributed by atoms with Crippen molar-refractivity contribution in [1.82, 2.24) is 0 Å². The summed E-state index contributed by atoms with van der Waals surface area (Å²) in [5, 5.41) is 0. The van der Waals surface area contributed by atoms with E-state index in [0.717, 1.165) is 0 Å². The van der Waals surface area contributed by atoms with Gasteiger partial charge in [-0.1, -0.05) is 24.3 Å². The zero-order valence-electron chi connectivity index (χ0n) is 11.1. The fraction of sp³-hybridized carbons (Fsp3) is 0. The lowest BCUT2D eigenvalue weighted by Crippen LogP contribution is -2.00. The standard InChI is InChI=1S/C12H8Cl2O6S2.H2O/c13-19-21(15,16)11-5-1-9(2-6-11)10-3-7-12(8-4-10)22(17,18)20-14;/h1-8H;1H2. The minimum Gasteiger partial charge on any atom is -0.412 e. The predicted molar refractivity (Wildman–Crippen MR) is 83.7 cm³/mol. The molecule has 0 aromatic heterocycles. The number of benzene rings is 2. The molecule has 11 heteroatoms. The summed E-state index contributed by atoms with van der Waals surface area (Å²) in [6, 6.07) is 11.4. The largest absolute Gasteiger partial charge is 0.412 e. The highest BCUT2D eigenvalue weighted by atomic mass is 35.5. The van der Waals surface area contributed by atoms with Gasteiger partial charge in [0.05, 0.1) is 33.5 Å². The quantitative estimate of drug-likeness (QED) is 0.758. The third-order valence-corrected chi connectivity index (χ3v) is 5.81. The maximum atomic E-state index is 11.4. The van der Waals surface area contributed by atoms with Crippen LogP contribution in [-0.2, 0) is 27.7 Å². The normalized spacial score (nSPS) is 11.7. The first-order valence-electron chi connectivity index (χ1n) is 5.61. The molecule has 2 rings (SSSR count). The molecule has 0 radical (unpaired) electrons. The number of hydrogen-bond donors (Lipinski definition) is 0. The van der Waals surface area contributed by atoms with E-state index >= 15 is 0 Å². The van der Waals surface area contributed by atoms with Crippen molar-refractivity contribution >= 4 is 44.0 Å². The third kappa shape index (κ3) is 4.42. The third-order valence-electron chi connectivity index (χ3n) is 2.79. The van der Waals surface area contributed by atoms with Crippen molar-refractivity contribution < 1.29 is 29.8 Å². The summed E-state index contributed by atoms with van der Waals surface area (Å²) in [5.74, 6) is 0. The summed E-state index contributed by atoms with van der Waals surface area (Å²) in [5.41, 5.74) is 1.34. The molecular weight excluding hydrogens is 391 g/mol. The molecule has 126 valence electrons. The van der Waals surface area contributed by atoms with E-state index in [-0.39, 0.29) is 15.3 Å². The number of halogens is 2. The summed E-state index contributed by atoms with van der Waals surface area (Å²) >= 11 is 9.78. The van der Waals surface area contributed by atoms with E-state index in [0.29, 0.717) is 11.1 Å². The first kappa shape index (κ1) is 19.8. The molecule has 0 aliphatic heterocycles. The summed E-state index contributed by atoms with van der Waals surface area (Å²) in [7, 11) is -7.94. The fourth-order valence-electron chi connectivity index (χ4n) is 1.70. The average molecular weight is 401 g/mol. The first-order chi connectivity index (χ1) is 10.3. The van der Waals surface area contributed by atoms with E-state index in [1.807, 2.05) is 0 Å². The molecule has 0 heterocycles. The Morgan fingerprint density at radius 2 is 0.870 bits per heavy atom. The Balaban J connectivity index is 0.00000264. The summed E-state index contributed by atoms with van der Waals surface area (Å²) < 4.78 is 53.3. The highest BCUT2D eigenvalue weighted by Gasteiger charge is 2.16. The molecule has 2 N–H and O–H groups in total. The van der Waals surface area contributed by atoms with Crippen molar-refractivity contribution in [3.8, 4) is 11.1 Å². The molecule has 0 unspecified atom stereocenters. The van der Waals surface area contributed by atoms with E-state index in [4.69, 9.17) is 23.7 Å². The Hall–Kier alpha value is -1.20. The van der Waals surface area contributed by atoms with Gasteiger partial charge in [-0.25, -0.2) is 0 Å². The van der Waals surface area contributed by atoms with Crippen LogP contribution in [0.1, 0.15) is 0 Å². The highest BCUT2D eigenvalue weighted by Crippen LogP contribution is 2.24. The summed E-state index contributed by atoms with van der Waals surface area (Å²) in [6.45, 7) is 0. The molecule has 0 amide bonds. The van der Waals surface area contributed by atoms with Gasteiger partial charge in [0.1, 0.15) is 0 Å². The van der Waals surface area contributed by atoms with E-state index < -0.39 is 20.2 Å². The van der Waals surface area contributed by atoms with Crippen molar-refractivity contribution in [3.05, 3.63) is 48.5 Å². The smallest absolute Gasteiger partial charge is 0.312 e. The van der Waals surface area contributed by atoms with E-state index in [9.17, 15) is 16.8 Å². The molecule has 0 aliphatic carbocycles. The van der Waals surface area contributed by atoms with Crippen LogP contribution in [0.3, 0.4) is 0 Å². The van der Waals surface area contributed by atoms with Crippen LogP contribution in [0.4, 0.5) is 0 Å². The second-order valence-electron chi connectivity index (χ2n) is 4.08. The molecule has 0 saturated carbocycles. The molecule has 2 aromatic carbocycles. The fourth-order valence-corrected chi connectivity index (χ4v) is 3.22. The van der Waals surface area contributed by atoms with Gasteiger partial charge >= 0.3 is 20.2 Å². The lowest BCUT2D eigenvalue weighted by molar-refractivity contribution is 0.507. The second kappa shape index (κ2) is 7.58. The second-order valence-corrected chi connectivity index (χ2v) is 7.85. The summed E-state index contributed by atoms with van der Waals surface area (Å²) in [4.78, 5) is -0.193. The van der Waals surface area contributed by atoms with Gasteiger partial charge < -0.3 is 5.48 Å². The van der Waals surface area contributed by atoms with Crippen molar-refractivity contribution in [2.45, 2.75) is 9.79 Å². The molecule has 7 nitrogen and oxygen atoms in total. The van der Waals surface area contributed by atoms with Crippen molar-refractivity contribution in [2.24, 2.45) is 0 Å². The Morgan fingerprint density at radius 1 is 0.609 bits per heavy atom. The van der Waals surface area contributed by atoms with Gasteiger partial charge in [0.25, 0.3) is 0 Å². The maximum Gasteiger partial charge on any atom is 0.312 e. The van der Waals surface area contributed by atoms with Crippen LogP contribution in [0.5, 0.6) is 0 Å². The van der Waals surface area contributed by atoms with Gasteiger partial charge in [0, 0.05) is 0 Å². The SMILES string of the molecule is O.O=S(=O)(OCl)c1ccc(-c2ccc(S(=O)(=O)OCl)cc2)cc1. The molecule has 0 fully saturated rings. The first-order valence-corrected chi connectivity index (χ1v) is 9.04. The van der Waals surface area contributed by atoms with Crippen LogP contribution in [0.2, 0.25) is 0 Å². The molecule has 2 aromatic rings. The van der Waals surface area contributed by atoms with E-state index in [1.165, 1.54) is 48.5 Å². The van der Waals surface area contributed by atoms with Crippen LogP contribution < -0.4 is 0 Å². The van der Waals surface area contributed by atoms with Crippen LogP contribution in [0.15, 0.2) is 58.3 Å². The summed E-state index contributed by atoms with van der Waals surface area (Å²) in [6.07, 6.45) is 0. The monoisotopic (exact) mass is 400 g/mol. The van der Waals surface area contributed by atoms with Crippen LogP contribution >= 0.6 is 23.7 Å². The molecule has 0 aliphatic rings. The van der Waals surface area contributed by atoms with Gasteiger partial charge in [-0.05, 0) is 35.4 Å². The molecule has 0 saturated heterocycles. The number of rotatable bonds is 5. The maximum absolute atomic E-state index is 11.4. The van der Waals surface area contributed by atoms with Crippen molar-refractivity contribution in [2.75, 3.05) is 0 Å². The number of hydrogen-bond acceptors (Lipinski definition) is 6. The lowest BCUT2D eigenvalue weighted by Gasteiger charge is -2.05. The molecule has 0 atom stereocenters. The zero-order valence-corrected chi connectivity index (χ0v) is 14.3. The molecule has 23 heavy (non-hydrogen) atoms. The van der Waals surface area contributed by atoms with Gasteiger partial charge in [0.2, 0.25) is 0 Å². The highest BCUT2D eigenvalue weighted by molar-refractivity contribution is 7.87. The van der Waals surface area contributed by atoms with E-state index in [1.54, 1.807) is 0 Å². The van der Waals surface area contributed by atoms with Crippen LogP contribution in [-0.4, -0.2) is 22.3 Å². The van der Waals surface area contributed by atoms with Gasteiger partial charge in [-0.2, -0.15) is 24.3 Å². The van der Waals surface area contributed by atoms with Crippen molar-refractivity contribution in [1.29, 1.82) is 0 Å². The van der Waals surface area contributed by atoms with Crippen molar-refractivity contribution in [3.63, 3.8) is 0 Å². The molecule has 0 bridgehead atoms. The van der Waals surface area contributed by atoms with Crippen LogP contribution in [0, 0.1) is 0 Å². The Morgan fingerprint density at radius 3 is 1.09 bits per heavy atom. The predicted octanol–water partition coefficient (Wildman–Crippen LogP) is 2.25. The Kier molecular flexibility index (Phi) is 6.54. The van der Waals surface area contributed by atoms with Gasteiger partial charge in [-0.15, -0.1) is 0 Å². The van der Waals surface area contributed by atoms with Crippen LogP contribution in [0.25, 0.3) is 11.1 Å². The lowest BCUT2D eigenvalue weighted by atomic mass is 10.1. The van der Waals surface area contributed by atoms with Gasteiger partial charge in [-0.3, -0.25) is 0 Å². The van der Waals surface area contributed by atoms with Gasteiger partial charge in [0.15, 0.2) is 0 Å².